The van der Waals surface area contributed by atoms with Crippen LogP contribution in [-0.4, -0.2) is 19.9 Å². The first-order chi connectivity index (χ1) is 8.91. The van der Waals surface area contributed by atoms with Crippen LogP contribution in [-0.2, 0) is 0 Å². The quantitative estimate of drug-likeness (QED) is 0.933. The van der Waals surface area contributed by atoms with Gasteiger partial charge in [0.2, 0.25) is 0 Å². The number of hydrogen-bond acceptors (Lipinski definition) is 3. The summed E-state index contributed by atoms with van der Waals surface area (Å²) in [7, 11) is 0. The van der Waals surface area contributed by atoms with Gasteiger partial charge in [0.1, 0.15) is 6.10 Å². The highest BCUT2D eigenvalue weighted by atomic mass is 35.5. The van der Waals surface area contributed by atoms with E-state index >= 15 is 0 Å². The summed E-state index contributed by atoms with van der Waals surface area (Å²) < 4.78 is 1.64. The van der Waals surface area contributed by atoms with Crippen molar-refractivity contribution in [2.75, 3.05) is 0 Å². The van der Waals surface area contributed by atoms with Crippen LogP contribution in [0.15, 0.2) is 18.5 Å². The van der Waals surface area contributed by atoms with Crippen LogP contribution in [0.5, 0.6) is 0 Å². The highest BCUT2D eigenvalue weighted by Gasteiger charge is 2.24. The number of halogens is 3. The normalized spacial score (nSPS) is 13.0. The van der Waals surface area contributed by atoms with E-state index in [0.717, 1.165) is 0 Å². The van der Waals surface area contributed by atoms with Gasteiger partial charge in [0, 0.05) is 12.2 Å². The van der Waals surface area contributed by atoms with Gasteiger partial charge in [0.25, 0.3) is 0 Å². The maximum atomic E-state index is 10.4. The van der Waals surface area contributed by atoms with Gasteiger partial charge in [-0.15, -0.1) is 0 Å². The van der Waals surface area contributed by atoms with Crippen molar-refractivity contribution in [3.05, 3.63) is 44.9 Å². The molecule has 7 heteroatoms. The molecule has 0 saturated heterocycles. The molecule has 0 aliphatic heterocycles. The lowest BCUT2D eigenvalue weighted by Crippen LogP contribution is -2.13. The molecule has 0 fully saturated rings. The van der Waals surface area contributed by atoms with Crippen molar-refractivity contribution < 1.29 is 5.11 Å². The predicted octanol–water partition coefficient (Wildman–Crippen LogP) is 3.90. The summed E-state index contributed by atoms with van der Waals surface area (Å²) in [5.74, 6) is 0. The average Bonchev–Trinajstić information content (AvgIpc) is 2.70. The molecule has 0 aromatic carbocycles. The molecule has 1 unspecified atom stereocenters. The van der Waals surface area contributed by atoms with Crippen LogP contribution >= 0.6 is 34.8 Å². The molecule has 19 heavy (non-hydrogen) atoms. The number of aromatic nitrogens is 3. The maximum Gasteiger partial charge on any atom is 0.140 e. The largest absolute Gasteiger partial charge is 0.380 e. The molecule has 0 bridgehead atoms. The van der Waals surface area contributed by atoms with Crippen LogP contribution in [0.3, 0.4) is 0 Å². The lowest BCUT2D eigenvalue weighted by Gasteiger charge is -2.17. The van der Waals surface area contributed by atoms with E-state index in [4.69, 9.17) is 34.8 Å². The minimum absolute atomic E-state index is 0.0585. The summed E-state index contributed by atoms with van der Waals surface area (Å²) in [6.45, 7) is 3.88. The smallest absolute Gasteiger partial charge is 0.140 e. The van der Waals surface area contributed by atoms with E-state index in [1.165, 1.54) is 18.5 Å². The summed E-state index contributed by atoms with van der Waals surface area (Å²) in [4.78, 5) is 4.06. The van der Waals surface area contributed by atoms with Crippen LogP contribution < -0.4 is 0 Å². The van der Waals surface area contributed by atoms with Crippen molar-refractivity contribution in [1.82, 2.24) is 14.8 Å². The third-order valence-electron chi connectivity index (χ3n) is 2.63. The fraction of sp³-hybridized carbons (Fsp3) is 0.333. The zero-order valence-corrected chi connectivity index (χ0v) is 12.6. The van der Waals surface area contributed by atoms with Gasteiger partial charge in [-0.05, 0) is 19.9 Å². The van der Waals surface area contributed by atoms with Gasteiger partial charge >= 0.3 is 0 Å². The molecule has 4 nitrogen and oxygen atoms in total. The minimum Gasteiger partial charge on any atom is -0.380 e. The Kier molecular flexibility index (Phi) is 4.36. The molecule has 2 rings (SSSR count). The topological polar surface area (TPSA) is 50.9 Å². The van der Waals surface area contributed by atoms with Crippen LogP contribution in [0.25, 0.3) is 0 Å². The number of nitrogens with zero attached hydrogens (tertiary/aromatic N) is 3. The summed E-state index contributed by atoms with van der Waals surface area (Å²) in [6, 6.07) is 1.58. The van der Waals surface area contributed by atoms with E-state index in [-0.39, 0.29) is 11.1 Å². The van der Waals surface area contributed by atoms with Gasteiger partial charge in [-0.2, -0.15) is 5.10 Å². The van der Waals surface area contributed by atoms with Crippen molar-refractivity contribution in [2.24, 2.45) is 0 Å². The molecule has 0 radical (unpaired) electrons. The van der Waals surface area contributed by atoms with Crippen LogP contribution in [0.2, 0.25) is 15.1 Å². The van der Waals surface area contributed by atoms with Gasteiger partial charge in [0.15, 0.2) is 0 Å². The molecular weight excluding hydrogens is 309 g/mol. The summed E-state index contributed by atoms with van der Waals surface area (Å²) >= 11 is 17.9. The fourth-order valence-corrected chi connectivity index (χ4v) is 2.49. The average molecular weight is 321 g/mol. The number of pyridine rings is 1. The van der Waals surface area contributed by atoms with Gasteiger partial charge in [-0.25, -0.2) is 0 Å². The number of hydrogen-bond donors (Lipinski definition) is 1. The first-order valence-electron chi connectivity index (χ1n) is 5.63. The van der Waals surface area contributed by atoms with E-state index in [9.17, 15) is 5.11 Å². The van der Waals surface area contributed by atoms with Crippen LogP contribution in [0, 0.1) is 0 Å². The molecular formula is C12H12Cl3N3O. The minimum atomic E-state index is -1.05. The highest BCUT2D eigenvalue weighted by molar-refractivity contribution is 6.35. The van der Waals surface area contributed by atoms with Crippen molar-refractivity contribution in [1.29, 1.82) is 0 Å². The van der Waals surface area contributed by atoms with E-state index < -0.39 is 6.10 Å². The van der Waals surface area contributed by atoms with Crippen LogP contribution in [0.1, 0.15) is 37.4 Å². The number of aliphatic hydroxyl groups excluding tert-OH is 1. The highest BCUT2D eigenvalue weighted by Crippen LogP contribution is 2.33. The Hall–Kier alpha value is -0.810. The van der Waals surface area contributed by atoms with Crippen LogP contribution in [0.4, 0.5) is 0 Å². The lowest BCUT2D eigenvalue weighted by molar-refractivity contribution is 0.200. The third kappa shape index (κ3) is 2.87. The third-order valence-corrected chi connectivity index (χ3v) is 3.43. The van der Waals surface area contributed by atoms with E-state index in [1.807, 2.05) is 13.8 Å². The molecule has 0 amide bonds. The second kappa shape index (κ2) is 5.67. The van der Waals surface area contributed by atoms with Crippen molar-refractivity contribution in [3.8, 4) is 0 Å². The molecule has 1 N–H and O–H groups in total. The molecule has 2 aromatic rings. The number of aliphatic hydroxyl groups is 1. The second-order valence-corrected chi connectivity index (χ2v) is 5.59. The Bertz CT molecular complexity index is 598. The van der Waals surface area contributed by atoms with Gasteiger partial charge in [0.05, 0.1) is 32.7 Å². The van der Waals surface area contributed by atoms with E-state index in [2.05, 4.69) is 10.1 Å². The van der Waals surface area contributed by atoms with Crippen molar-refractivity contribution in [2.45, 2.75) is 26.0 Å². The number of rotatable bonds is 3. The molecule has 0 spiro atoms. The Morgan fingerprint density at radius 3 is 2.42 bits per heavy atom. The van der Waals surface area contributed by atoms with Gasteiger partial charge in [-0.3, -0.25) is 9.67 Å². The Balaban J connectivity index is 2.49. The monoisotopic (exact) mass is 319 g/mol. The van der Waals surface area contributed by atoms with E-state index in [0.29, 0.717) is 21.4 Å². The predicted molar refractivity (Wildman–Crippen MR) is 75.9 cm³/mol. The fourth-order valence-electron chi connectivity index (χ4n) is 1.77. The molecule has 0 saturated carbocycles. The Morgan fingerprint density at radius 1 is 1.16 bits per heavy atom. The molecule has 0 aliphatic rings. The van der Waals surface area contributed by atoms with E-state index in [1.54, 1.807) is 4.68 Å². The SMILES string of the molecule is CC(C)n1ncc(Cl)c1C(O)c1ncc(Cl)cc1Cl. The molecule has 0 aliphatic carbocycles. The standard InChI is InChI=1S/C12H12Cl3N3O/c1-6(2)18-11(9(15)5-17-18)12(19)10-8(14)3-7(13)4-16-10/h3-6,12,19H,1-2H3. The summed E-state index contributed by atoms with van der Waals surface area (Å²) in [5.41, 5.74) is 0.767. The zero-order valence-electron chi connectivity index (χ0n) is 10.3. The molecule has 1 atom stereocenters. The molecule has 2 aromatic heterocycles. The summed E-state index contributed by atoms with van der Waals surface area (Å²) in [6.07, 6.45) is 1.86. The second-order valence-electron chi connectivity index (χ2n) is 4.34. The van der Waals surface area contributed by atoms with Gasteiger partial charge in [-0.1, -0.05) is 34.8 Å². The molecule has 2 heterocycles. The zero-order chi connectivity index (χ0) is 14.2. The summed E-state index contributed by atoms with van der Waals surface area (Å²) in [5, 5.41) is 15.6. The Labute approximate surface area is 125 Å². The first kappa shape index (κ1) is 14.6. The Morgan fingerprint density at radius 2 is 1.84 bits per heavy atom. The maximum absolute atomic E-state index is 10.4. The first-order valence-corrected chi connectivity index (χ1v) is 6.77. The lowest BCUT2D eigenvalue weighted by atomic mass is 10.1. The van der Waals surface area contributed by atoms with Gasteiger partial charge < -0.3 is 5.11 Å². The molecule has 102 valence electrons. The van der Waals surface area contributed by atoms with Crippen molar-refractivity contribution in [3.63, 3.8) is 0 Å². The van der Waals surface area contributed by atoms with Crippen molar-refractivity contribution >= 4 is 34.8 Å².